The molecule has 0 saturated carbocycles. The van der Waals surface area contributed by atoms with Crippen LogP contribution in [0.4, 0.5) is 0 Å². The standard InChI is InChI=1S/C19H12Cl3N3OS/c1-10-5-12(18-16(22)9-27-25-18)11-3-2-4-17(19(11)24-10)26-8-13-14(20)6-23-7-15(13)21/h2-7,9H,8H2,1H3. The lowest BCUT2D eigenvalue weighted by Crippen LogP contribution is -2.00. The van der Waals surface area contributed by atoms with Crippen molar-refractivity contribution in [2.75, 3.05) is 0 Å². The van der Waals surface area contributed by atoms with Crippen LogP contribution in [0.25, 0.3) is 22.2 Å². The van der Waals surface area contributed by atoms with E-state index in [4.69, 9.17) is 39.5 Å². The van der Waals surface area contributed by atoms with Gasteiger partial charge in [-0.1, -0.05) is 46.9 Å². The van der Waals surface area contributed by atoms with E-state index in [1.165, 1.54) is 11.5 Å². The quantitative estimate of drug-likeness (QED) is 0.361. The highest BCUT2D eigenvalue weighted by Crippen LogP contribution is 2.37. The van der Waals surface area contributed by atoms with Crippen LogP contribution in [0.5, 0.6) is 5.75 Å². The van der Waals surface area contributed by atoms with E-state index >= 15 is 0 Å². The number of para-hydroxylation sites is 1. The first-order chi connectivity index (χ1) is 13.0. The zero-order valence-electron chi connectivity index (χ0n) is 14.0. The summed E-state index contributed by atoms with van der Waals surface area (Å²) in [6.07, 6.45) is 3.08. The Balaban J connectivity index is 1.79. The fourth-order valence-electron chi connectivity index (χ4n) is 2.79. The van der Waals surface area contributed by atoms with Crippen molar-refractivity contribution in [1.82, 2.24) is 14.3 Å². The zero-order valence-corrected chi connectivity index (χ0v) is 17.1. The summed E-state index contributed by atoms with van der Waals surface area (Å²) in [5.74, 6) is 0.632. The molecular weight excluding hydrogens is 425 g/mol. The maximum absolute atomic E-state index is 6.30. The van der Waals surface area contributed by atoms with E-state index in [2.05, 4.69) is 14.3 Å². The van der Waals surface area contributed by atoms with Crippen molar-refractivity contribution in [1.29, 1.82) is 0 Å². The smallest absolute Gasteiger partial charge is 0.146 e. The molecule has 1 aromatic carbocycles. The summed E-state index contributed by atoms with van der Waals surface area (Å²) in [6.45, 7) is 2.14. The van der Waals surface area contributed by atoms with Crippen LogP contribution in [0.3, 0.4) is 0 Å². The minimum absolute atomic E-state index is 0.210. The van der Waals surface area contributed by atoms with E-state index in [-0.39, 0.29) is 6.61 Å². The largest absolute Gasteiger partial charge is 0.487 e. The van der Waals surface area contributed by atoms with Crippen LogP contribution in [0.2, 0.25) is 15.1 Å². The van der Waals surface area contributed by atoms with E-state index in [9.17, 15) is 0 Å². The second-order valence-corrected chi connectivity index (χ2v) is 7.70. The Labute approximate surface area is 174 Å². The van der Waals surface area contributed by atoms with Gasteiger partial charge in [0.1, 0.15) is 23.6 Å². The summed E-state index contributed by atoms with van der Waals surface area (Å²) in [6, 6.07) is 7.73. The zero-order chi connectivity index (χ0) is 19.0. The number of nitrogens with zero attached hydrogens (tertiary/aromatic N) is 3. The van der Waals surface area contributed by atoms with Gasteiger partial charge in [-0.15, -0.1) is 0 Å². The van der Waals surface area contributed by atoms with Crippen molar-refractivity contribution in [2.24, 2.45) is 0 Å². The van der Waals surface area contributed by atoms with E-state index < -0.39 is 0 Å². The molecule has 4 nitrogen and oxygen atoms in total. The Bertz CT molecular complexity index is 1130. The van der Waals surface area contributed by atoms with Gasteiger partial charge in [-0.05, 0) is 30.6 Å². The van der Waals surface area contributed by atoms with Crippen LogP contribution in [0, 0.1) is 6.92 Å². The fourth-order valence-corrected chi connectivity index (χ4v) is 4.14. The molecule has 27 heavy (non-hydrogen) atoms. The van der Waals surface area contributed by atoms with Crippen LogP contribution in [0.15, 0.2) is 42.0 Å². The third-order valence-corrected chi connectivity index (χ3v) is 5.73. The Morgan fingerprint density at radius 3 is 2.56 bits per heavy atom. The van der Waals surface area contributed by atoms with Crippen LogP contribution in [-0.4, -0.2) is 14.3 Å². The first-order valence-corrected chi connectivity index (χ1v) is 9.93. The molecule has 0 N–H and O–H groups in total. The number of benzene rings is 1. The highest BCUT2D eigenvalue weighted by atomic mass is 35.5. The van der Waals surface area contributed by atoms with E-state index in [1.54, 1.807) is 12.4 Å². The predicted molar refractivity (Wildman–Crippen MR) is 111 cm³/mol. The second kappa shape index (κ2) is 7.60. The maximum atomic E-state index is 6.30. The summed E-state index contributed by atoms with van der Waals surface area (Å²) < 4.78 is 10.4. The predicted octanol–water partition coefficient (Wildman–Crippen LogP) is 6.60. The number of aromatic nitrogens is 3. The summed E-state index contributed by atoms with van der Waals surface area (Å²) in [4.78, 5) is 8.62. The van der Waals surface area contributed by atoms with Crippen molar-refractivity contribution in [2.45, 2.75) is 13.5 Å². The number of fused-ring (bicyclic) bond motifs is 1. The van der Waals surface area contributed by atoms with Crippen molar-refractivity contribution in [3.05, 3.63) is 68.4 Å². The molecule has 0 radical (unpaired) electrons. The molecule has 0 amide bonds. The summed E-state index contributed by atoms with van der Waals surface area (Å²) >= 11 is 20.0. The molecule has 4 aromatic rings. The van der Waals surface area contributed by atoms with E-state index in [0.717, 1.165) is 27.9 Å². The third kappa shape index (κ3) is 3.60. The van der Waals surface area contributed by atoms with Crippen LogP contribution in [-0.2, 0) is 6.61 Å². The molecule has 0 atom stereocenters. The third-order valence-electron chi connectivity index (χ3n) is 4.04. The fraction of sp³-hybridized carbons (Fsp3) is 0.105. The molecule has 0 spiro atoms. The molecular formula is C19H12Cl3N3OS. The molecule has 0 fully saturated rings. The minimum Gasteiger partial charge on any atom is -0.487 e. The lowest BCUT2D eigenvalue weighted by atomic mass is 10.0. The molecule has 0 saturated heterocycles. The van der Waals surface area contributed by atoms with Crippen LogP contribution >= 0.6 is 46.3 Å². The Morgan fingerprint density at radius 2 is 1.85 bits per heavy atom. The Kier molecular flexibility index (Phi) is 5.19. The van der Waals surface area contributed by atoms with Crippen molar-refractivity contribution in [3.63, 3.8) is 0 Å². The number of pyridine rings is 2. The first-order valence-electron chi connectivity index (χ1n) is 7.96. The number of halogens is 3. The number of rotatable bonds is 4. The van der Waals surface area contributed by atoms with Gasteiger partial charge in [-0.2, -0.15) is 4.37 Å². The summed E-state index contributed by atoms with van der Waals surface area (Å²) in [5, 5.41) is 4.27. The maximum Gasteiger partial charge on any atom is 0.146 e. The molecule has 136 valence electrons. The van der Waals surface area contributed by atoms with Crippen molar-refractivity contribution in [3.8, 4) is 17.0 Å². The van der Waals surface area contributed by atoms with Gasteiger partial charge in [0.2, 0.25) is 0 Å². The van der Waals surface area contributed by atoms with E-state index in [1.807, 2.05) is 36.6 Å². The number of hydrogen-bond acceptors (Lipinski definition) is 5. The Morgan fingerprint density at radius 1 is 1.07 bits per heavy atom. The first kappa shape index (κ1) is 18.4. The van der Waals surface area contributed by atoms with Gasteiger partial charge < -0.3 is 4.74 Å². The van der Waals surface area contributed by atoms with Gasteiger partial charge in [0.25, 0.3) is 0 Å². The van der Waals surface area contributed by atoms with Gasteiger partial charge in [-0.3, -0.25) is 4.98 Å². The average Bonchev–Trinajstić information content (AvgIpc) is 3.06. The summed E-state index contributed by atoms with van der Waals surface area (Å²) in [7, 11) is 0. The van der Waals surface area contributed by atoms with Gasteiger partial charge in [-0.25, -0.2) is 4.98 Å². The van der Waals surface area contributed by atoms with Crippen molar-refractivity contribution < 1.29 is 4.74 Å². The molecule has 4 rings (SSSR count). The van der Waals surface area contributed by atoms with Gasteiger partial charge in [0, 0.05) is 40.0 Å². The molecule has 0 aliphatic rings. The minimum atomic E-state index is 0.210. The van der Waals surface area contributed by atoms with Crippen LogP contribution in [0.1, 0.15) is 11.3 Å². The number of aryl methyl sites for hydroxylation is 1. The van der Waals surface area contributed by atoms with Gasteiger partial charge >= 0.3 is 0 Å². The number of ether oxygens (including phenoxy) is 1. The van der Waals surface area contributed by atoms with Crippen LogP contribution < -0.4 is 4.74 Å². The number of hydrogen-bond donors (Lipinski definition) is 0. The average molecular weight is 437 g/mol. The highest BCUT2D eigenvalue weighted by Gasteiger charge is 2.15. The lowest BCUT2D eigenvalue weighted by molar-refractivity contribution is 0.309. The molecule has 3 heterocycles. The normalized spacial score (nSPS) is 11.1. The van der Waals surface area contributed by atoms with E-state index in [0.29, 0.717) is 26.4 Å². The Hall–Kier alpha value is -1.92. The van der Waals surface area contributed by atoms with Gasteiger partial charge in [0.05, 0.1) is 15.1 Å². The highest BCUT2D eigenvalue weighted by molar-refractivity contribution is 7.04. The molecule has 3 aromatic heterocycles. The molecule has 0 aliphatic carbocycles. The molecule has 0 unspecified atom stereocenters. The monoisotopic (exact) mass is 435 g/mol. The molecule has 8 heteroatoms. The SMILES string of the molecule is Cc1cc(-c2nscc2Cl)c2cccc(OCc3c(Cl)cncc3Cl)c2n1. The van der Waals surface area contributed by atoms with Gasteiger partial charge in [0.15, 0.2) is 0 Å². The molecule has 0 aliphatic heterocycles. The topological polar surface area (TPSA) is 47.9 Å². The van der Waals surface area contributed by atoms with Crippen molar-refractivity contribution >= 4 is 57.2 Å². The molecule has 0 bridgehead atoms. The summed E-state index contributed by atoms with van der Waals surface area (Å²) in [5.41, 5.74) is 3.93. The lowest BCUT2D eigenvalue weighted by Gasteiger charge is -2.13. The second-order valence-electron chi connectivity index (χ2n) is 5.84.